The number of rotatable bonds is 11. The van der Waals surface area contributed by atoms with Crippen molar-refractivity contribution < 1.29 is 9.53 Å². The summed E-state index contributed by atoms with van der Waals surface area (Å²) in [6.07, 6.45) is 8.81. The van der Waals surface area contributed by atoms with Crippen molar-refractivity contribution in [3.63, 3.8) is 0 Å². The number of carbonyl (C=O) groups excluding carboxylic acids is 1. The summed E-state index contributed by atoms with van der Waals surface area (Å²) in [4.78, 5) is 21.3. The first kappa shape index (κ1) is 26.1. The Bertz CT molecular complexity index is 943. The zero-order chi connectivity index (χ0) is 24.6. The van der Waals surface area contributed by atoms with Crippen LogP contribution in [0.2, 0.25) is 0 Å². The SMILES string of the molecule is CN(C)CCCN1C(=O)C(c2ccc(OCCCN(C)C3CCCCC3)cc2)Sc2ccccc21. The van der Waals surface area contributed by atoms with Crippen molar-refractivity contribution in [3.05, 3.63) is 54.1 Å². The van der Waals surface area contributed by atoms with Crippen molar-refractivity contribution in [1.82, 2.24) is 9.80 Å². The van der Waals surface area contributed by atoms with Gasteiger partial charge in [0.05, 0.1) is 12.3 Å². The van der Waals surface area contributed by atoms with Gasteiger partial charge in [0, 0.05) is 24.0 Å². The van der Waals surface area contributed by atoms with Crippen molar-refractivity contribution in [3.8, 4) is 5.75 Å². The van der Waals surface area contributed by atoms with Crippen molar-refractivity contribution >= 4 is 23.4 Å². The zero-order valence-corrected chi connectivity index (χ0v) is 22.4. The second-order valence-electron chi connectivity index (χ2n) is 10.2. The minimum atomic E-state index is -0.220. The lowest BCUT2D eigenvalue weighted by Gasteiger charge is -2.34. The summed E-state index contributed by atoms with van der Waals surface area (Å²) >= 11 is 1.66. The van der Waals surface area contributed by atoms with Gasteiger partial charge in [-0.3, -0.25) is 4.79 Å². The number of benzene rings is 2. The Morgan fingerprint density at radius 3 is 2.43 bits per heavy atom. The van der Waals surface area contributed by atoms with E-state index in [1.807, 2.05) is 23.1 Å². The number of anilines is 1. The zero-order valence-electron chi connectivity index (χ0n) is 21.6. The van der Waals surface area contributed by atoms with E-state index in [1.54, 1.807) is 11.8 Å². The average Bonchev–Trinajstić information content (AvgIpc) is 2.88. The summed E-state index contributed by atoms with van der Waals surface area (Å²) in [7, 11) is 6.40. The van der Waals surface area contributed by atoms with E-state index in [2.05, 4.69) is 61.3 Å². The number of amides is 1. The van der Waals surface area contributed by atoms with Gasteiger partial charge >= 0.3 is 0 Å². The van der Waals surface area contributed by atoms with Crippen LogP contribution < -0.4 is 9.64 Å². The molecule has 5 nitrogen and oxygen atoms in total. The number of hydrogen-bond acceptors (Lipinski definition) is 5. The van der Waals surface area contributed by atoms with E-state index in [-0.39, 0.29) is 11.2 Å². The molecule has 35 heavy (non-hydrogen) atoms. The number of ether oxygens (including phenoxy) is 1. The van der Waals surface area contributed by atoms with Gasteiger partial charge in [-0.2, -0.15) is 0 Å². The molecule has 2 aliphatic rings. The van der Waals surface area contributed by atoms with E-state index >= 15 is 0 Å². The first-order valence-corrected chi connectivity index (χ1v) is 14.1. The quantitative estimate of drug-likeness (QED) is 0.365. The van der Waals surface area contributed by atoms with Crippen molar-refractivity contribution in [2.24, 2.45) is 0 Å². The van der Waals surface area contributed by atoms with Gasteiger partial charge in [0.25, 0.3) is 0 Å². The fourth-order valence-corrected chi connectivity index (χ4v) is 6.38. The van der Waals surface area contributed by atoms with E-state index < -0.39 is 0 Å². The standard InChI is InChI=1S/C29H41N3O2S/c1-30(2)19-9-21-32-26-13-7-8-14-27(26)35-28(29(32)33)23-15-17-25(18-16-23)34-22-10-20-31(3)24-11-5-4-6-12-24/h7-8,13-18,24,28H,4-6,9-12,19-22H2,1-3H3. The molecule has 1 heterocycles. The highest BCUT2D eigenvalue weighted by atomic mass is 32.2. The van der Waals surface area contributed by atoms with E-state index in [0.717, 1.165) is 62.1 Å². The van der Waals surface area contributed by atoms with Crippen LogP contribution in [0, 0.1) is 0 Å². The first-order valence-electron chi connectivity index (χ1n) is 13.2. The highest BCUT2D eigenvalue weighted by molar-refractivity contribution is 8.00. The molecule has 1 atom stereocenters. The van der Waals surface area contributed by atoms with Gasteiger partial charge in [0.1, 0.15) is 11.0 Å². The maximum atomic E-state index is 13.5. The molecule has 1 aliphatic heterocycles. The molecule has 0 radical (unpaired) electrons. The fourth-order valence-electron chi connectivity index (χ4n) is 5.15. The van der Waals surface area contributed by atoms with E-state index in [0.29, 0.717) is 0 Å². The van der Waals surface area contributed by atoms with E-state index in [4.69, 9.17) is 4.74 Å². The summed E-state index contributed by atoms with van der Waals surface area (Å²) < 4.78 is 6.03. The smallest absolute Gasteiger partial charge is 0.245 e. The van der Waals surface area contributed by atoms with Crippen LogP contribution in [0.5, 0.6) is 5.75 Å². The summed E-state index contributed by atoms with van der Waals surface area (Å²) in [5.74, 6) is 1.05. The lowest BCUT2D eigenvalue weighted by molar-refractivity contribution is -0.118. The Morgan fingerprint density at radius 2 is 1.69 bits per heavy atom. The largest absolute Gasteiger partial charge is 0.494 e. The number of nitrogens with zero attached hydrogens (tertiary/aromatic N) is 3. The summed E-state index contributed by atoms with van der Waals surface area (Å²) in [6, 6.07) is 17.2. The van der Waals surface area contributed by atoms with Gasteiger partial charge in [-0.15, -0.1) is 11.8 Å². The molecule has 6 heteroatoms. The molecule has 2 aromatic carbocycles. The van der Waals surface area contributed by atoms with E-state index in [1.165, 1.54) is 37.0 Å². The molecule has 0 aromatic heterocycles. The van der Waals surface area contributed by atoms with Crippen molar-refractivity contribution in [2.45, 2.75) is 61.1 Å². The molecule has 190 valence electrons. The van der Waals surface area contributed by atoms with Gasteiger partial charge < -0.3 is 19.4 Å². The lowest BCUT2D eigenvalue weighted by atomic mass is 9.94. The minimum Gasteiger partial charge on any atom is -0.494 e. The second-order valence-corrected chi connectivity index (χ2v) is 11.3. The van der Waals surface area contributed by atoms with Crippen LogP contribution in [-0.2, 0) is 4.79 Å². The number of hydrogen-bond donors (Lipinski definition) is 0. The molecule has 1 fully saturated rings. The Morgan fingerprint density at radius 1 is 0.943 bits per heavy atom. The third-order valence-electron chi connectivity index (χ3n) is 7.18. The average molecular weight is 496 g/mol. The Labute approximate surface area is 215 Å². The normalized spacial score (nSPS) is 18.8. The Balaban J connectivity index is 1.32. The van der Waals surface area contributed by atoms with Crippen molar-refractivity contribution in [2.75, 3.05) is 52.3 Å². The van der Waals surface area contributed by atoms with Gasteiger partial charge in [-0.25, -0.2) is 0 Å². The molecule has 0 bridgehead atoms. The van der Waals surface area contributed by atoms with Gasteiger partial charge in [-0.1, -0.05) is 43.5 Å². The number of carbonyl (C=O) groups is 1. The summed E-state index contributed by atoms with van der Waals surface area (Å²) in [5, 5.41) is -0.220. The third-order valence-corrected chi connectivity index (χ3v) is 8.49. The molecule has 1 amide bonds. The molecule has 4 rings (SSSR count). The molecular formula is C29H41N3O2S. The molecule has 0 N–H and O–H groups in total. The van der Waals surface area contributed by atoms with Crippen LogP contribution in [0.25, 0.3) is 0 Å². The third kappa shape index (κ3) is 7.02. The second kappa shape index (κ2) is 12.8. The lowest BCUT2D eigenvalue weighted by Crippen LogP contribution is -2.38. The topological polar surface area (TPSA) is 36.0 Å². The molecule has 2 aromatic rings. The predicted octanol–water partition coefficient (Wildman–Crippen LogP) is 5.85. The number of para-hydroxylation sites is 1. The maximum absolute atomic E-state index is 13.5. The number of thioether (sulfide) groups is 1. The van der Waals surface area contributed by atoms with Crippen LogP contribution in [0.3, 0.4) is 0 Å². The molecular weight excluding hydrogens is 454 g/mol. The molecule has 1 aliphatic carbocycles. The molecule has 1 unspecified atom stereocenters. The Kier molecular flexibility index (Phi) is 9.52. The summed E-state index contributed by atoms with van der Waals surface area (Å²) in [5.41, 5.74) is 2.08. The monoisotopic (exact) mass is 495 g/mol. The predicted molar refractivity (Wildman–Crippen MR) is 147 cm³/mol. The van der Waals surface area contributed by atoms with Gasteiger partial charge in [-0.05, 0) is 83.2 Å². The fraction of sp³-hybridized carbons (Fsp3) is 0.552. The molecule has 0 spiro atoms. The minimum absolute atomic E-state index is 0.173. The van der Waals surface area contributed by atoms with E-state index in [9.17, 15) is 4.79 Å². The van der Waals surface area contributed by atoms with Gasteiger partial charge in [0.15, 0.2) is 0 Å². The Hall–Kier alpha value is -2.02. The van der Waals surface area contributed by atoms with Crippen LogP contribution in [0.1, 0.15) is 55.8 Å². The highest BCUT2D eigenvalue weighted by Gasteiger charge is 2.34. The van der Waals surface area contributed by atoms with Crippen LogP contribution in [-0.4, -0.2) is 69.1 Å². The number of fused-ring (bicyclic) bond motifs is 1. The first-order chi connectivity index (χ1) is 17.0. The molecule has 0 saturated heterocycles. The van der Waals surface area contributed by atoms with Gasteiger partial charge in [0.2, 0.25) is 5.91 Å². The van der Waals surface area contributed by atoms with Crippen LogP contribution >= 0.6 is 11.8 Å². The summed E-state index contributed by atoms with van der Waals surface area (Å²) in [6.45, 7) is 3.51. The highest BCUT2D eigenvalue weighted by Crippen LogP contribution is 2.46. The maximum Gasteiger partial charge on any atom is 0.245 e. The molecule has 1 saturated carbocycles. The van der Waals surface area contributed by atoms with Crippen LogP contribution in [0.15, 0.2) is 53.4 Å². The van der Waals surface area contributed by atoms with Crippen molar-refractivity contribution in [1.29, 1.82) is 0 Å². The van der Waals surface area contributed by atoms with Crippen LogP contribution in [0.4, 0.5) is 5.69 Å².